The zero-order chi connectivity index (χ0) is 15.3. The lowest BCUT2D eigenvalue weighted by atomic mass is 9.91. The molecule has 0 fully saturated rings. The zero-order valence-electron chi connectivity index (χ0n) is 14.1. The van der Waals surface area contributed by atoms with Gasteiger partial charge in [-0.25, -0.2) is 0 Å². The molecule has 0 saturated carbocycles. The molecule has 0 aliphatic rings. The summed E-state index contributed by atoms with van der Waals surface area (Å²) in [6.07, 6.45) is 0. The maximum absolute atomic E-state index is 5.52. The van der Waals surface area contributed by atoms with Crippen molar-refractivity contribution in [3.8, 4) is 5.75 Å². The van der Waals surface area contributed by atoms with Crippen molar-refractivity contribution in [3.05, 3.63) is 29.8 Å². The van der Waals surface area contributed by atoms with Crippen molar-refractivity contribution in [1.29, 1.82) is 0 Å². The van der Waals surface area contributed by atoms with Gasteiger partial charge in [0.1, 0.15) is 5.75 Å². The van der Waals surface area contributed by atoms with Gasteiger partial charge in [0.2, 0.25) is 0 Å². The first kappa shape index (κ1) is 17.0. The molecule has 0 unspecified atom stereocenters. The molecule has 0 aromatic heterocycles. The fourth-order valence-corrected chi connectivity index (χ4v) is 2.43. The SMILES string of the molecule is CCN(C)[C@@H](C)CN(C)C(C)(C)c1ccccc1OC. The summed E-state index contributed by atoms with van der Waals surface area (Å²) in [7, 11) is 6.10. The number of hydrogen-bond acceptors (Lipinski definition) is 3. The number of ether oxygens (including phenoxy) is 1. The Kier molecular flexibility index (Phi) is 6.03. The van der Waals surface area contributed by atoms with E-state index < -0.39 is 0 Å². The number of para-hydroxylation sites is 1. The zero-order valence-corrected chi connectivity index (χ0v) is 14.1. The van der Waals surface area contributed by atoms with Gasteiger partial charge < -0.3 is 9.64 Å². The Morgan fingerprint density at radius 2 is 1.80 bits per heavy atom. The maximum Gasteiger partial charge on any atom is 0.123 e. The summed E-state index contributed by atoms with van der Waals surface area (Å²) in [5.74, 6) is 0.959. The van der Waals surface area contributed by atoms with E-state index in [0.717, 1.165) is 18.8 Å². The largest absolute Gasteiger partial charge is 0.496 e. The van der Waals surface area contributed by atoms with Gasteiger partial charge in [0.05, 0.1) is 7.11 Å². The van der Waals surface area contributed by atoms with E-state index in [-0.39, 0.29) is 5.54 Å². The van der Waals surface area contributed by atoms with E-state index >= 15 is 0 Å². The van der Waals surface area contributed by atoms with E-state index in [1.54, 1.807) is 7.11 Å². The summed E-state index contributed by atoms with van der Waals surface area (Å²) in [5.41, 5.74) is 1.17. The van der Waals surface area contributed by atoms with Crippen LogP contribution in [-0.2, 0) is 5.54 Å². The molecule has 1 aromatic rings. The van der Waals surface area contributed by atoms with Crippen LogP contribution in [0.2, 0.25) is 0 Å². The average Bonchev–Trinajstić information content (AvgIpc) is 2.45. The summed E-state index contributed by atoms with van der Waals surface area (Å²) in [6, 6.07) is 8.82. The molecule has 0 saturated heterocycles. The van der Waals surface area contributed by atoms with Crippen LogP contribution >= 0.6 is 0 Å². The molecule has 20 heavy (non-hydrogen) atoms. The quantitative estimate of drug-likeness (QED) is 0.762. The highest BCUT2D eigenvalue weighted by Gasteiger charge is 2.29. The molecule has 0 bridgehead atoms. The molecule has 0 radical (unpaired) electrons. The van der Waals surface area contributed by atoms with Gasteiger partial charge in [-0.2, -0.15) is 0 Å². The van der Waals surface area contributed by atoms with Gasteiger partial charge in [0, 0.05) is 23.7 Å². The fraction of sp³-hybridized carbons (Fsp3) is 0.647. The minimum absolute atomic E-state index is 0.0601. The molecule has 3 nitrogen and oxygen atoms in total. The van der Waals surface area contributed by atoms with E-state index in [9.17, 15) is 0 Å². The molecule has 1 rings (SSSR count). The Bertz CT molecular complexity index is 417. The topological polar surface area (TPSA) is 15.7 Å². The van der Waals surface area contributed by atoms with Crippen LogP contribution in [0.25, 0.3) is 0 Å². The molecule has 1 atom stereocenters. The lowest BCUT2D eigenvalue weighted by Gasteiger charge is -2.40. The smallest absolute Gasteiger partial charge is 0.123 e. The lowest BCUT2D eigenvalue weighted by Crippen LogP contribution is -2.46. The van der Waals surface area contributed by atoms with E-state index in [0.29, 0.717) is 6.04 Å². The number of hydrogen-bond donors (Lipinski definition) is 0. The number of nitrogens with zero attached hydrogens (tertiary/aromatic N) is 2. The fourth-order valence-electron chi connectivity index (χ4n) is 2.43. The van der Waals surface area contributed by atoms with E-state index in [1.807, 2.05) is 12.1 Å². The van der Waals surface area contributed by atoms with Crippen molar-refractivity contribution in [2.24, 2.45) is 0 Å². The van der Waals surface area contributed by atoms with Crippen LogP contribution in [0.1, 0.15) is 33.3 Å². The number of likely N-dealkylation sites (N-methyl/N-ethyl adjacent to an activating group) is 2. The first-order valence-electron chi connectivity index (χ1n) is 7.39. The molecular weight excluding hydrogens is 248 g/mol. The van der Waals surface area contributed by atoms with Crippen LogP contribution in [0.15, 0.2) is 24.3 Å². The molecule has 3 heteroatoms. The number of methoxy groups -OCH3 is 1. The second kappa shape index (κ2) is 7.09. The van der Waals surface area contributed by atoms with Gasteiger partial charge in [-0.1, -0.05) is 25.1 Å². The van der Waals surface area contributed by atoms with Crippen LogP contribution in [0.3, 0.4) is 0 Å². The molecule has 0 aliphatic carbocycles. The predicted octanol–water partition coefficient (Wildman–Crippen LogP) is 3.20. The molecule has 0 amide bonds. The summed E-state index contributed by atoms with van der Waals surface area (Å²) < 4.78 is 5.52. The highest BCUT2D eigenvalue weighted by Crippen LogP contribution is 2.33. The molecule has 0 heterocycles. The molecule has 1 aromatic carbocycles. The highest BCUT2D eigenvalue weighted by atomic mass is 16.5. The van der Waals surface area contributed by atoms with Crippen molar-refractivity contribution < 1.29 is 4.74 Å². The first-order chi connectivity index (χ1) is 9.34. The Balaban J connectivity index is 2.91. The van der Waals surface area contributed by atoms with Crippen LogP contribution in [0, 0.1) is 0 Å². The van der Waals surface area contributed by atoms with Crippen molar-refractivity contribution >= 4 is 0 Å². The molecule has 0 N–H and O–H groups in total. The van der Waals surface area contributed by atoms with Crippen LogP contribution in [-0.4, -0.2) is 50.1 Å². The molecule has 0 spiro atoms. The third-order valence-electron chi connectivity index (χ3n) is 4.51. The van der Waals surface area contributed by atoms with Gasteiger partial charge in [0.25, 0.3) is 0 Å². The van der Waals surface area contributed by atoms with Gasteiger partial charge in [-0.15, -0.1) is 0 Å². The Labute approximate surface area is 124 Å². The van der Waals surface area contributed by atoms with Gasteiger partial charge in [0.15, 0.2) is 0 Å². The Hall–Kier alpha value is -1.06. The Morgan fingerprint density at radius 1 is 1.20 bits per heavy atom. The van der Waals surface area contributed by atoms with Crippen molar-refractivity contribution in [1.82, 2.24) is 9.80 Å². The number of benzene rings is 1. The normalized spacial score (nSPS) is 13.8. The second-order valence-corrected chi connectivity index (χ2v) is 6.06. The summed E-state index contributed by atoms with van der Waals surface area (Å²) in [5, 5.41) is 0. The van der Waals surface area contributed by atoms with Crippen molar-refractivity contribution in [3.63, 3.8) is 0 Å². The second-order valence-electron chi connectivity index (χ2n) is 6.06. The monoisotopic (exact) mass is 278 g/mol. The summed E-state index contributed by atoms with van der Waals surface area (Å²) in [6.45, 7) is 11.1. The van der Waals surface area contributed by atoms with E-state index in [1.165, 1.54) is 5.56 Å². The standard InChI is InChI=1S/C17H30N2O/c1-8-18(5)14(2)13-19(6)17(3,4)15-11-9-10-12-16(15)20-7/h9-12,14H,8,13H2,1-7H3/t14-/m0/s1. The highest BCUT2D eigenvalue weighted by molar-refractivity contribution is 5.38. The number of rotatable bonds is 7. The van der Waals surface area contributed by atoms with Gasteiger partial charge in [-0.05, 0) is 47.5 Å². The van der Waals surface area contributed by atoms with Gasteiger partial charge >= 0.3 is 0 Å². The average molecular weight is 278 g/mol. The third kappa shape index (κ3) is 3.74. The van der Waals surface area contributed by atoms with E-state index in [2.05, 4.69) is 63.7 Å². The van der Waals surface area contributed by atoms with Crippen LogP contribution in [0.5, 0.6) is 5.75 Å². The predicted molar refractivity (Wildman–Crippen MR) is 86.4 cm³/mol. The van der Waals surface area contributed by atoms with Crippen molar-refractivity contribution in [2.45, 2.75) is 39.3 Å². The summed E-state index contributed by atoms with van der Waals surface area (Å²) in [4.78, 5) is 4.77. The minimum Gasteiger partial charge on any atom is -0.496 e. The van der Waals surface area contributed by atoms with Crippen LogP contribution in [0.4, 0.5) is 0 Å². The van der Waals surface area contributed by atoms with Crippen LogP contribution < -0.4 is 4.74 Å². The maximum atomic E-state index is 5.52. The molecular formula is C17H30N2O. The van der Waals surface area contributed by atoms with Gasteiger partial charge in [-0.3, -0.25) is 4.90 Å². The first-order valence-corrected chi connectivity index (χ1v) is 7.39. The lowest BCUT2D eigenvalue weighted by molar-refractivity contribution is 0.108. The molecule has 114 valence electrons. The summed E-state index contributed by atoms with van der Waals surface area (Å²) >= 11 is 0. The third-order valence-corrected chi connectivity index (χ3v) is 4.51. The molecule has 0 aliphatic heterocycles. The van der Waals surface area contributed by atoms with E-state index in [4.69, 9.17) is 4.74 Å². The minimum atomic E-state index is -0.0601. The van der Waals surface area contributed by atoms with Crippen molar-refractivity contribution in [2.75, 3.05) is 34.3 Å². The Morgan fingerprint density at radius 3 is 2.35 bits per heavy atom.